The number of amides is 1. The average Bonchev–Trinajstić information content (AvgIpc) is 2.43. The lowest BCUT2D eigenvalue weighted by Crippen LogP contribution is -2.20. The van der Waals surface area contributed by atoms with Gasteiger partial charge in [-0.1, -0.05) is 28.1 Å². The van der Waals surface area contributed by atoms with Crippen LogP contribution in [0.25, 0.3) is 0 Å². The Labute approximate surface area is 133 Å². The van der Waals surface area contributed by atoms with Crippen LogP contribution in [0.1, 0.15) is 16.7 Å². The van der Waals surface area contributed by atoms with E-state index in [0.29, 0.717) is 0 Å². The van der Waals surface area contributed by atoms with Gasteiger partial charge in [-0.05, 0) is 61.7 Å². The second kappa shape index (κ2) is 6.76. The first kappa shape index (κ1) is 15.6. The Bertz CT molecular complexity index is 668. The van der Waals surface area contributed by atoms with Crippen LogP contribution in [0.3, 0.4) is 0 Å². The number of nitrogens with one attached hydrogen (secondary N) is 1. The summed E-state index contributed by atoms with van der Waals surface area (Å²) in [5.74, 6) is 0.582. The van der Waals surface area contributed by atoms with Gasteiger partial charge < -0.3 is 10.1 Å². The monoisotopic (exact) mass is 347 g/mol. The predicted molar refractivity (Wildman–Crippen MR) is 88.9 cm³/mol. The highest BCUT2D eigenvalue weighted by atomic mass is 79.9. The zero-order valence-electron chi connectivity index (χ0n) is 12.4. The molecule has 0 aliphatic heterocycles. The minimum absolute atomic E-state index is 0.000201. The van der Waals surface area contributed by atoms with E-state index in [9.17, 15) is 4.79 Å². The molecule has 0 fully saturated rings. The van der Waals surface area contributed by atoms with Crippen molar-refractivity contribution in [2.75, 3.05) is 11.9 Å². The van der Waals surface area contributed by atoms with Crippen LogP contribution in [-0.2, 0) is 4.79 Å². The number of halogens is 1. The maximum atomic E-state index is 12.0. The third-order valence-electron chi connectivity index (χ3n) is 3.16. The van der Waals surface area contributed by atoms with Gasteiger partial charge in [0.15, 0.2) is 6.61 Å². The Morgan fingerprint density at radius 1 is 1.10 bits per heavy atom. The fourth-order valence-corrected chi connectivity index (χ4v) is 2.44. The first-order valence-corrected chi connectivity index (χ1v) is 7.51. The van der Waals surface area contributed by atoms with Crippen LogP contribution in [0.4, 0.5) is 5.69 Å². The second-order valence-corrected chi connectivity index (χ2v) is 5.98. The molecule has 4 heteroatoms. The largest absolute Gasteiger partial charge is 0.483 e. The molecule has 3 nitrogen and oxygen atoms in total. The molecule has 110 valence electrons. The molecule has 0 aromatic heterocycles. The lowest BCUT2D eigenvalue weighted by molar-refractivity contribution is -0.118. The zero-order chi connectivity index (χ0) is 15.4. The quantitative estimate of drug-likeness (QED) is 0.890. The Morgan fingerprint density at radius 3 is 2.57 bits per heavy atom. The molecule has 0 heterocycles. The second-order valence-electron chi connectivity index (χ2n) is 5.07. The van der Waals surface area contributed by atoms with E-state index in [1.165, 1.54) is 0 Å². The van der Waals surface area contributed by atoms with E-state index in [1.54, 1.807) is 0 Å². The standard InChI is InChI=1S/C17H18BrNO2/c1-11-4-5-12(2)16(8-11)21-10-17(20)19-15-7-6-14(18)9-13(15)3/h4-9H,10H2,1-3H3,(H,19,20). The van der Waals surface area contributed by atoms with E-state index in [4.69, 9.17) is 4.74 Å². The molecule has 0 saturated heterocycles. The molecule has 0 bridgehead atoms. The van der Waals surface area contributed by atoms with Gasteiger partial charge in [0.2, 0.25) is 0 Å². The molecule has 21 heavy (non-hydrogen) atoms. The highest BCUT2D eigenvalue weighted by molar-refractivity contribution is 9.10. The lowest BCUT2D eigenvalue weighted by Gasteiger charge is -2.11. The molecule has 2 aromatic carbocycles. The Kier molecular flexibility index (Phi) is 5.02. The fourth-order valence-electron chi connectivity index (χ4n) is 1.96. The van der Waals surface area contributed by atoms with Crippen molar-refractivity contribution in [3.05, 3.63) is 57.6 Å². The van der Waals surface area contributed by atoms with Crippen molar-refractivity contribution in [2.45, 2.75) is 20.8 Å². The predicted octanol–water partition coefficient (Wildman–Crippen LogP) is 4.39. The number of rotatable bonds is 4. The molecule has 2 aromatic rings. The number of aryl methyl sites for hydroxylation is 3. The number of anilines is 1. The number of carbonyl (C=O) groups excluding carboxylic acids is 1. The first-order chi connectivity index (χ1) is 9.95. The lowest BCUT2D eigenvalue weighted by atomic mass is 10.1. The molecule has 0 unspecified atom stereocenters. The molecule has 0 atom stereocenters. The van der Waals surface area contributed by atoms with Gasteiger partial charge in [0.1, 0.15) is 5.75 Å². The van der Waals surface area contributed by atoms with Crippen LogP contribution < -0.4 is 10.1 Å². The van der Waals surface area contributed by atoms with Crippen molar-refractivity contribution in [3.63, 3.8) is 0 Å². The highest BCUT2D eigenvalue weighted by Gasteiger charge is 2.07. The van der Waals surface area contributed by atoms with E-state index in [1.807, 2.05) is 57.2 Å². The van der Waals surface area contributed by atoms with Gasteiger partial charge in [0, 0.05) is 10.2 Å². The van der Waals surface area contributed by atoms with Gasteiger partial charge in [-0.2, -0.15) is 0 Å². The minimum atomic E-state index is -0.165. The van der Waals surface area contributed by atoms with Gasteiger partial charge in [0.05, 0.1) is 0 Å². The number of hydrogen-bond donors (Lipinski definition) is 1. The van der Waals surface area contributed by atoms with Crippen molar-refractivity contribution in [2.24, 2.45) is 0 Å². The van der Waals surface area contributed by atoms with Gasteiger partial charge in [0.25, 0.3) is 5.91 Å². The first-order valence-electron chi connectivity index (χ1n) is 6.72. The third-order valence-corrected chi connectivity index (χ3v) is 3.66. The third kappa shape index (κ3) is 4.33. The van der Waals surface area contributed by atoms with Gasteiger partial charge in [-0.25, -0.2) is 0 Å². The molecule has 0 spiro atoms. The van der Waals surface area contributed by atoms with E-state index < -0.39 is 0 Å². The van der Waals surface area contributed by atoms with Gasteiger partial charge >= 0.3 is 0 Å². The van der Waals surface area contributed by atoms with Gasteiger partial charge in [-0.3, -0.25) is 4.79 Å². The number of benzene rings is 2. The number of carbonyl (C=O) groups is 1. The van der Waals surface area contributed by atoms with E-state index in [0.717, 1.165) is 32.6 Å². The number of hydrogen-bond acceptors (Lipinski definition) is 2. The van der Waals surface area contributed by atoms with Crippen molar-refractivity contribution >= 4 is 27.5 Å². The minimum Gasteiger partial charge on any atom is -0.483 e. The Morgan fingerprint density at radius 2 is 1.86 bits per heavy atom. The topological polar surface area (TPSA) is 38.3 Å². The van der Waals surface area contributed by atoms with E-state index >= 15 is 0 Å². The molecule has 0 saturated carbocycles. The summed E-state index contributed by atoms with van der Waals surface area (Å²) in [5, 5.41) is 2.86. The Hall–Kier alpha value is -1.81. The molecule has 0 aliphatic rings. The maximum absolute atomic E-state index is 12.0. The smallest absolute Gasteiger partial charge is 0.262 e. The molecule has 1 amide bonds. The van der Waals surface area contributed by atoms with E-state index in [-0.39, 0.29) is 12.5 Å². The normalized spacial score (nSPS) is 10.3. The number of ether oxygens (including phenoxy) is 1. The molecular weight excluding hydrogens is 330 g/mol. The fraction of sp³-hybridized carbons (Fsp3) is 0.235. The summed E-state index contributed by atoms with van der Waals surface area (Å²) >= 11 is 3.40. The molecule has 0 radical (unpaired) electrons. The molecule has 0 aliphatic carbocycles. The Balaban J connectivity index is 1.97. The van der Waals surface area contributed by atoms with Crippen LogP contribution in [-0.4, -0.2) is 12.5 Å². The van der Waals surface area contributed by atoms with Crippen molar-refractivity contribution < 1.29 is 9.53 Å². The molecule has 1 N–H and O–H groups in total. The van der Waals surface area contributed by atoms with Crippen LogP contribution in [0.15, 0.2) is 40.9 Å². The average molecular weight is 348 g/mol. The van der Waals surface area contributed by atoms with Crippen molar-refractivity contribution in [1.29, 1.82) is 0 Å². The summed E-state index contributed by atoms with van der Waals surface area (Å²) in [6.45, 7) is 5.91. The SMILES string of the molecule is Cc1ccc(C)c(OCC(=O)Nc2ccc(Br)cc2C)c1. The molecular formula is C17H18BrNO2. The van der Waals surface area contributed by atoms with Crippen LogP contribution in [0, 0.1) is 20.8 Å². The van der Waals surface area contributed by atoms with Crippen molar-refractivity contribution in [3.8, 4) is 5.75 Å². The van der Waals surface area contributed by atoms with E-state index in [2.05, 4.69) is 21.2 Å². The zero-order valence-corrected chi connectivity index (χ0v) is 14.0. The van der Waals surface area contributed by atoms with Crippen LogP contribution in [0.2, 0.25) is 0 Å². The summed E-state index contributed by atoms with van der Waals surface area (Å²) in [6.07, 6.45) is 0. The van der Waals surface area contributed by atoms with Gasteiger partial charge in [-0.15, -0.1) is 0 Å². The summed E-state index contributed by atoms with van der Waals surface area (Å²) < 4.78 is 6.58. The highest BCUT2D eigenvalue weighted by Crippen LogP contribution is 2.21. The summed E-state index contributed by atoms with van der Waals surface area (Å²) in [4.78, 5) is 12.0. The molecule has 2 rings (SSSR count). The summed E-state index contributed by atoms with van der Waals surface area (Å²) in [6, 6.07) is 11.7. The maximum Gasteiger partial charge on any atom is 0.262 e. The van der Waals surface area contributed by atoms with Crippen LogP contribution in [0.5, 0.6) is 5.75 Å². The van der Waals surface area contributed by atoms with Crippen LogP contribution >= 0.6 is 15.9 Å². The van der Waals surface area contributed by atoms with Crippen molar-refractivity contribution in [1.82, 2.24) is 0 Å². The summed E-state index contributed by atoms with van der Waals surface area (Å²) in [7, 11) is 0. The summed E-state index contributed by atoms with van der Waals surface area (Å²) in [5.41, 5.74) is 3.94.